The average Bonchev–Trinajstić information content (AvgIpc) is 2.35. The number of amidine groups is 1. The number of nitrogens with two attached hydrogens (primary N) is 1. The first kappa shape index (κ1) is 13.4. The van der Waals surface area contributed by atoms with Crippen molar-refractivity contribution in [3.63, 3.8) is 0 Å². The molecule has 0 bridgehead atoms. The third-order valence-corrected chi connectivity index (χ3v) is 2.84. The molecule has 0 saturated carbocycles. The molecule has 0 aliphatic rings. The van der Waals surface area contributed by atoms with E-state index in [0.717, 1.165) is 11.6 Å². The fourth-order valence-corrected chi connectivity index (χ4v) is 1.77. The highest BCUT2D eigenvalue weighted by Gasteiger charge is 2.11. The van der Waals surface area contributed by atoms with Crippen molar-refractivity contribution in [1.29, 1.82) is 5.41 Å². The molecule has 0 aliphatic carbocycles. The largest absolute Gasteiger partial charge is 0.456 e. The molecule has 0 heterocycles. The summed E-state index contributed by atoms with van der Waals surface area (Å²) in [6, 6.07) is 9.07. The number of rotatable bonds is 3. The van der Waals surface area contributed by atoms with Crippen molar-refractivity contribution in [2.24, 2.45) is 5.73 Å². The van der Waals surface area contributed by atoms with Gasteiger partial charge in [0.05, 0.1) is 5.56 Å². The number of hydrogen-bond acceptors (Lipinski definition) is 2. The quantitative estimate of drug-likeness (QED) is 0.661. The predicted octanol–water partition coefficient (Wildman–Crippen LogP) is 3.86. The van der Waals surface area contributed by atoms with Crippen LogP contribution in [0.25, 0.3) is 0 Å². The second kappa shape index (κ2) is 5.28. The molecule has 19 heavy (non-hydrogen) atoms. The van der Waals surface area contributed by atoms with E-state index in [0.29, 0.717) is 16.5 Å². The molecule has 0 saturated heterocycles. The maximum absolute atomic E-state index is 13.2. The first-order valence-electron chi connectivity index (χ1n) is 5.55. The number of nitrogen functional groups attached to an aromatic ring is 1. The van der Waals surface area contributed by atoms with Crippen molar-refractivity contribution in [3.05, 3.63) is 58.4 Å². The predicted molar refractivity (Wildman–Crippen MR) is 73.7 cm³/mol. The summed E-state index contributed by atoms with van der Waals surface area (Å²) in [5, 5.41) is 7.97. The Morgan fingerprint density at radius 2 is 1.95 bits per heavy atom. The zero-order chi connectivity index (χ0) is 14.0. The Morgan fingerprint density at radius 1 is 1.21 bits per heavy atom. The van der Waals surface area contributed by atoms with E-state index in [1.54, 1.807) is 12.1 Å². The topological polar surface area (TPSA) is 59.1 Å². The zero-order valence-electron chi connectivity index (χ0n) is 10.2. The maximum Gasteiger partial charge on any atom is 0.138 e. The molecule has 0 aromatic heterocycles. The third kappa shape index (κ3) is 3.03. The Bertz CT molecular complexity index is 643. The van der Waals surface area contributed by atoms with Crippen LogP contribution in [0.15, 0.2) is 36.4 Å². The van der Waals surface area contributed by atoms with Crippen molar-refractivity contribution < 1.29 is 9.13 Å². The molecule has 0 spiro atoms. The Labute approximate surface area is 115 Å². The number of ether oxygens (including phenoxy) is 1. The highest BCUT2D eigenvalue weighted by Crippen LogP contribution is 2.30. The summed E-state index contributed by atoms with van der Waals surface area (Å²) in [6.07, 6.45) is 0. The van der Waals surface area contributed by atoms with Gasteiger partial charge >= 0.3 is 0 Å². The van der Waals surface area contributed by atoms with E-state index in [4.69, 9.17) is 27.5 Å². The summed E-state index contributed by atoms with van der Waals surface area (Å²) in [6.45, 7) is 1.86. The number of benzene rings is 2. The van der Waals surface area contributed by atoms with Crippen LogP contribution in [0.5, 0.6) is 11.5 Å². The van der Waals surface area contributed by atoms with Crippen molar-refractivity contribution in [2.45, 2.75) is 6.92 Å². The highest BCUT2D eigenvalue weighted by molar-refractivity contribution is 6.30. The van der Waals surface area contributed by atoms with Gasteiger partial charge in [-0.15, -0.1) is 0 Å². The van der Waals surface area contributed by atoms with Crippen LogP contribution in [-0.2, 0) is 0 Å². The van der Waals surface area contributed by atoms with Gasteiger partial charge in [0.2, 0.25) is 0 Å². The summed E-state index contributed by atoms with van der Waals surface area (Å²) in [7, 11) is 0. The van der Waals surface area contributed by atoms with Crippen LogP contribution in [0.1, 0.15) is 11.1 Å². The molecular weight excluding hydrogens is 267 g/mol. The summed E-state index contributed by atoms with van der Waals surface area (Å²) in [5.41, 5.74) is 6.50. The Balaban J connectivity index is 2.43. The van der Waals surface area contributed by atoms with Crippen LogP contribution in [0.2, 0.25) is 5.02 Å². The van der Waals surface area contributed by atoms with Crippen LogP contribution < -0.4 is 10.5 Å². The zero-order valence-corrected chi connectivity index (χ0v) is 11.0. The van der Waals surface area contributed by atoms with E-state index in [-0.39, 0.29) is 11.4 Å². The van der Waals surface area contributed by atoms with E-state index in [1.165, 1.54) is 12.1 Å². The Hall–Kier alpha value is -2.07. The second-order valence-corrected chi connectivity index (χ2v) is 4.50. The van der Waals surface area contributed by atoms with Crippen LogP contribution in [0, 0.1) is 18.2 Å². The standard InChI is InChI=1S/C14H12ClFN2O/c1-8-2-3-9(15)6-13(8)19-12-5-4-10(16)7-11(12)14(17)18/h2-7H,1H3,(H3,17,18). The molecule has 2 aromatic rings. The molecule has 5 heteroatoms. The normalized spacial score (nSPS) is 10.3. The summed E-state index contributed by atoms with van der Waals surface area (Å²) in [4.78, 5) is 0. The highest BCUT2D eigenvalue weighted by atomic mass is 35.5. The van der Waals surface area contributed by atoms with Gasteiger partial charge in [-0.2, -0.15) is 0 Å². The van der Waals surface area contributed by atoms with Crippen molar-refractivity contribution in [3.8, 4) is 11.5 Å². The molecule has 3 N–H and O–H groups in total. The number of aryl methyl sites for hydroxylation is 1. The third-order valence-electron chi connectivity index (χ3n) is 2.60. The summed E-state index contributed by atoms with van der Waals surface area (Å²) in [5.74, 6) is 0.135. The summed E-state index contributed by atoms with van der Waals surface area (Å²) < 4.78 is 18.8. The molecule has 0 unspecified atom stereocenters. The molecular formula is C14H12ClFN2O. The molecule has 0 atom stereocenters. The monoisotopic (exact) mass is 278 g/mol. The van der Waals surface area contributed by atoms with E-state index in [1.807, 2.05) is 13.0 Å². The summed E-state index contributed by atoms with van der Waals surface area (Å²) >= 11 is 5.90. The van der Waals surface area contributed by atoms with Gasteiger partial charge in [-0.1, -0.05) is 17.7 Å². The SMILES string of the molecule is Cc1ccc(Cl)cc1Oc1ccc(F)cc1C(=N)N. The van der Waals surface area contributed by atoms with Gasteiger partial charge in [-0.3, -0.25) is 5.41 Å². The van der Waals surface area contributed by atoms with E-state index in [2.05, 4.69) is 0 Å². The average molecular weight is 279 g/mol. The second-order valence-electron chi connectivity index (χ2n) is 4.07. The van der Waals surface area contributed by atoms with Crippen LogP contribution in [0.3, 0.4) is 0 Å². The minimum Gasteiger partial charge on any atom is -0.456 e. The van der Waals surface area contributed by atoms with E-state index < -0.39 is 5.82 Å². The fraction of sp³-hybridized carbons (Fsp3) is 0.0714. The van der Waals surface area contributed by atoms with Gasteiger partial charge in [0.1, 0.15) is 23.2 Å². The van der Waals surface area contributed by atoms with Crippen molar-refractivity contribution in [1.82, 2.24) is 0 Å². The maximum atomic E-state index is 13.2. The van der Waals surface area contributed by atoms with E-state index in [9.17, 15) is 4.39 Å². The molecule has 0 aliphatic heterocycles. The van der Waals surface area contributed by atoms with Gasteiger partial charge < -0.3 is 10.5 Å². The van der Waals surface area contributed by atoms with Gasteiger partial charge in [0.15, 0.2) is 0 Å². The Kier molecular flexibility index (Phi) is 3.71. The van der Waals surface area contributed by atoms with Gasteiger partial charge in [-0.25, -0.2) is 4.39 Å². The molecule has 0 fully saturated rings. The van der Waals surface area contributed by atoms with Crippen molar-refractivity contribution >= 4 is 17.4 Å². The minimum atomic E-state index is -0.472. The lowest BCUT2D eigenvalue weighted by Crippen LogP contribution is -2.12. The minimum absolute atomic E-state index is 0.208. The Morgan fingerprint density at radius 3 is 2.63 bits per heavy atom. The molecule has 98 valence electrons. The van der Waals surface area contributed by atoms with Gasteiger partial charge in [-0.05, 0) is 42.8 Å². The van der Waals surface area contributed by atoms with Crippen molar-refractivity contribution in [2.75, 3.05) is 0 Å². The molecule has 0 radical (unpaired) electrons. The molecule has 0 amide bonds. The molecule has 2 aromatic carbocycles. The molecule has 3 nitrogen and oxygen atoms in total. The number of halogens is 2. The number of nitrogens with one attached hydrogen (secondary N) is 1. The van der Waals surface area contributed by atoms with Gasteiger partial charge in [0.25, 0.3) is 0 Å². The van der Waals surface area contributed by atoms with Crippen LogP contribution >= 0.6 is 11.6 Å². The lowest BCUT2D eigenvalue weighted by Gasteiger charge is -2.12. The van der Waals surface area contributed by atoms with Crippen LogP contribution in [0.4, 0.5) is 4.39 Å². The van der Waals surface area contributed by atoms with E-state index >= 15 is 0 Å². The molecule has 2 rings (SSSR count). The number of hydrogen-bond donors (Lipinski definition) is 2. The fourth-order valence-electron chi connectivity index (χ4n) is 1.60. The lowest BCUT2D eigenvalue weighted by molar-refractivity contribution is 0.475. The smallest absolute Gasteiger partial charge is 0.138 e. The van der Waals surface area contributed by atoms with Gasteiger partial charge in [0, 0.05) is 5.02 Å². The first-order chi connectivity index (χ1) is 8.97. The first-order valence-corrected chi connectivity index (χ1v) is 5.93. The lowest BCUT2D eigenvalue weighted by atomic mass is 10.1. The van der Waals surface area contributed by atoms with Crippen LogP contribution in [-0.4, -0.2) is 5.84 Å².